The van der Waals surface area contributed by atoms with Crippen molar-refractivity contribution in [1.82, 2.24) is 16.1 Å². The number of carbonyl (C=O) groups is 2. The zero-order valence-corrected chi connectivity index (χ0v) is 13.8. The molecule has 0 aliphatic carbocycles. The Hall–Kier alpha value is -3.47. The van der Waals surface area contributed by atoms with Crippen LogP contribution in [0.1, 0.15) is 18.4 Å². The smallest absolute Gasteiger partial charge is 0.266 e. The van der Waals surface area contributed by atoms with Crippen molar-refractivity contribution in [2.75, 3.05) is 6.54 Å². The first kappa shape index (κ1) is 20.6. The first-order valence-electron chi connectivity index (χ1n) is 7.62. The highest BCUT2D eigenvalue weighted by atomic mass is 16.7. The summed E-state index contributed by atoms with van der Waals surface area (Å²) in [4.78, 5) is 33.7. The third kappa shape index (κ3) is 8.40. The Morgan fingerprint density at radius 2 is 2.04 bits per heavy atom. The topological polar surface area (TPSA) is 172 Å². The van der Waals surface area contributed by atoms with Gasteiger partial charge < -0.3 is 16.4 Å². The minimum atomic E-state index is -0.983. The summed E-state index contributed by atoms with van der Waals surface area (Å²) in [5, 5.41) is 25.8. The van der Waals surface area contributed by atoms with Crippen molar-refractivity contribution in [1.29, 1.82) is 0 Å². The number of rotatable bonds is 9. The molecule has 26 heavy (non-hydrogen) atoms. The van der Waals surface area contributed by atoms with E-state index in [4.69, 9.17) is 10.9 Å². The normalized spacial score (nSPS) is 12.4. The summed E-state index contributed by atoms with van der Waals surface area (Å²) in [5.74, 6) is -1.66. The predicted molar refractivity (Wildman–Crippen MR) is 93.2 cm³/mol. The molecule has 0 aliphatic rings. The number of amides is 2. The first-order valence-corrected chi connectivity index (χ1v) is 7.62. The van der Waals surface area contributed by atoms with Crippen LogP contribution < -0.4 is 21.8 Å². The van der Waals surface area contributed by atoms with Gasteiger partial charge in [-0.15, -0.1) is 0 Å². The van der Waals surface area contributed by atoms with Crippen LogP contribution in [0.4, 0.5) is 0 Å². The van der Waals surface area contributed by atoms with Crippen LogP contribution in [-0.2, 0) is 9.59 Å². The minimum absolute atomic E-state index is 0.163. The van der Waals surface area contributed by atoms with E-state index in [1.165, 1.54) is 11.6 Å². The van der Waals surface area contributed by atoms with Crippen molar-refractivity contribution in [3.8, 4) is 0 Å². The molecule has 11 nitrogen and oxygen atoms in total. The maximum Gasteiger partial charge on any atom is 0.266 e. The molecule has 0 spiro atoms. The number of nitro groups is 1. The van der Waals surface area contributed by atoms with Crippen LogP contribution in [0, 0.1) is 10.1 Å². The van der Waals surface area contributed by atoms with Gasteiger partial charge in [-0.1, -0.05) is 30.3 Å². The van der Waals surface area contributed by atoms with E-state index in [1.54, 1.807) is 6.08 Å². The Morgan fingerprint density at radius 1 is 1.35 bits per heavy atom. The third-order valence-corrected chi connectivity index (χ3v) is 3.13. The number of nitrogens with two attached hydrogens (primary N) is 1. The number of hydroxylamine groups is 1. The van der Waals surface area contributed by atoms with Gasteiger partial charge in [-0.05, 0) is 24.5 Å². The number of hydrogen-bond donors (Lipinski definition) is 5. The average Bonchev–Trinajstić information content (AvgIpc) is 2.62. The van der Waals surface area contributed by atoms with E-state index < -0.39 is 22.9 Å². The number of carbonyl (C=O) groups excluding carboxylic acids is 2. The first-order chi connectivity index (χ1) is 12.4. The second kappa shape index (κ2) is 11.1. The molecule has 1 rings (SSSR count). The molecular weight excluding hydrogens is 344 g/mol. The maximum atomic E-state index is 11.9. The fourth-order valence-corrected chi connectivity index (χ4v) is 1.95. The van der Waals surface area contributed by atoms with Crippen molar-refractivity contribution < 1.29 is 19.8 Å². The molecule has 0 aromatic heterocycles. The lowest BCUT2D eigenvalue weighted by molar-refractivity contribution is -0.485. The molecule has 0 radical (unpaired) electrons. The van der Waals surface area contributed by atoms with Gasteiger partial charge in [0, 0.05) is 12.6 Å². The summed E-state index contributed by atoms with van der Waals surface area (Å²) in [6.45, 7) is 0.189. The molecule has 140 valence electrons. The molecule has 0 saturated heterocycles. The molecule has 1 aromatic carbocycles. The van der Waals surface area contributed by atoms with Crippen molar-refractivity contribution in [3.63, 3.8) is 0 Å². The molecule has 6 N–H and O–H groups in total. The second-order valence-corrected chi connectivity index (χ2v) is 5.07. The largest absolute Gasteiger partial charge is 0.365 e. The van der Waals surface area contributed by atoms with Crippen molar-refractivity contribution in [2.45, 2.75) is 18.9 Å². The molecule has 0 heterocycles. The monoisotopic (exact) mass is 364 g/mol. The lowest BCUT2D eigenvalue weighted by Gasteiger charge is -2.15. The van der Waals surface area contributed by atoms with Crippen molar-refractivity contribution in [3.05, 3.63) is 52.1 Å². The maximum absolute atomic E-state index is 11.9. The van der Waals surface area contributed by atoms with Gasteiger partial charge in [0.05, 0.1) is 0 Å². The SMILES string of the molecule is N/C(=N\[N+](=O)[O-])NCCC[C@H](NC(=O)/C=C/c1ccccc1)C(=O)NO. The number of hydrazone groups is 1. The molecule has 1 aromatic rings. The zero-order valence-electron chi connectivity index (χ0n) is 13.8. The number of nitrogens with one attached hydrogen (secondary N) is 3. The van der Waals surface area contributed by atoms with Gasteiger partial charge >= 0.3 is 0 Å². The van der Waals surface area contributed by atoms with Gasteiger partial charge in [0.15, 0.2) is 5.03 Å². The highest BCUT2D eigenvalue weighted by molar-refractivity contribution is 5.95. The van der Waals surface area contributed by atoms with E-state index >= 15 is 0 Å². The Morgan fingerprint density at radius 3 is 2.65 bits per heavy atom. The summed E-state index contributed by atoms with van der Waals surface area (Å²) in [6, 6.07) is 8.12. The fraction of sp³-hybridized carbons (Fsp3) is 0.267. The van der Waals surface area contributed by atoms with Crippen molar-refractivity contribution in [2.24, 2.45) is 10.8 Å². The van der Waals surface area contributed by atoms with E-state index in [2.05, 4.69) is 15.7 Å². The summed E-state index contributed by atoms with van der Waals surface area (Å²) < 4.78 is 0. The van der Waals surface area contributed by atoms with Gasteiger partial charge in [-0.25, -0.2) is 15.6 Å². The Bertz CT molecular complexity index is 676. The molecule has 1 atom stereocenters. The van der Waals surface area contributed by atoms with Crippen LogP contribution in [0.15, 0.2) is 41.5 Å². The summed E-state index contributed by atoms with van der Waals surface area (Å²) in [7, 11) is 0. The number of nitrogens with zero attached hydrogens (tertiary/aromatic N) is 2. The Balaban J connectivity index is 2.50. The van der Waals surface area contributed by atoms with Crippen LogP contribution in [0.5, 0.6) is 0 Å². The quantitative estimate of drug-likeness (QED) is 0.0751. The third-order valence-electron chi connectivity index (χ3n) is 3.13. The molecule has 0 bridgehead atoms. The van der Waals surface area contributed by atoms with E-state index in [1.807, 2.05) is 30.3 Å². The molecule has 11 heteroatoms. The number of hydrogen-bond acceptors (Lipinski definition) is 5. The van der Waals surface area contributed by atoms with Crippen LogP contribution in [0.2, 0.25) is 0 Å². The fourth-order valence-electron chi connectivity index (χ4n) is 1.95. The molecule has 0 fully saturated rings. The minimum Gasteiger partial charge on any atom is -0.365 e. The van der Waals surface area contributed by atoms with Crippen LogP contribution in [-0.4, -0.2) is 40.6 Å². The van der Waals surface area contributed by atoms with E-state index in [0.29, 0.717) is 6.42 Å². The van der Waals surface area contributed by atoms with Crippen LogP contribution >= 0.6 is 0 Å². The zero-order chi connectivity index (χ0) is 19.4. The average molecular weight is 364 g/mol. The second-order valence-electron chi connectivity index (χ2n) is 5.07. The predicted octanol–water partition coefficient (Wildman–Crippen LogP) is -0.434. The standard InChI is InChI=1S/C15H20N6O5/c16-15(19-21(25)26)17-10-4-7-12(14(23)20-24)18-13(22)9-8-11-5-2-1-3-6-11/h1-3,5-6,8-9,12,24H,4,7,10H2,(H,18,22)(H,20,23)(H3,16,17,19)/b9-8+/t12-/m0/s1. The Kier molecular flexibility index (Phi) is 8.82. The summed E-state index contributed by atoms with van der Waals surface area (Å²) in [6.07, 6.45) is 3.34. The van der Waals surface area contributed by atoms with Gasteiger partial charge in [-0.3, -0.25) is 14.8 Å². The van der Waals surface area contributed by atoms with Gasteiger partial charge in [-0.2, -0.15) is 0 Å². The Labute approximate surface area is 149 Å². The number of benzene rings is 1. The van der Waals surface area contributed by atoms with E-state index in [9.17, 15) is 19.7 Å². The van der Waals surface area contributed by atoms with Crippen LogP contribution in [0.25, 0.3) is 6.08 Å². The lowest BCUT2D eigenvalue weighted by atomic mass is 10.1. The van der Waals surface area contributed by atoms with E-state index in [0.717, 1.165) is 5.56 Å². The van der Waals surface area contributed by atoms with Gasteiger partial charge in [0.1, 0.15) is 11.1 Å². The summed E-state index contributed by atoms with van der Waals surface area (Å²) >= 11 is 0. The molecule has 0 aliphatic heterocycles. The van der Waals surface area contributed by atoms with Gasteiger partial charge in [0.25, 0.3) is 11.9 Å². The molecule has 2 amide bonds. The highest BCUT2D eigenvalue weighted by Gasteiger charge is 2.19. The number of guanidine groups is 1. The molecular formula is C15H20N6O5. The molecule has 0 saturated carbocycles. The van der Waals surface area contributed by atoms with Crippen molar-refractivity contribution >= 4 is 23.8 Å². The van der Waals surface area contributed by atoms with Gasteiger partial charge in [0.2, 0.25) is 5.91 Å². The highest BCUT2D eigenvalue weighted by Crippen LogP contribution is 2.02. The summed E-state index contributed by atoms with van der Waals surface area (Å²) in [5.41, 5.74) is 7.55. The molecule has 0 unspecified atom stereocenters. The van der Waals surface area contributed by atoms with Crippen LogP contribution in [0.3, 0.4) is 0 Å². The lowest BCUT2D eigenvalue weighted by Crippen LogP contribution is -2.45. The van der Waals surface area contributed by atoms with E-state index in [-0.39, 0.29) is 18.9 Å².